The summed E-state index contributed by atoms with van der Waals surface area (Å²) in [7, 11) is 0. The third-order valence-corrected chi connectivity index (χ3v) is 5.73. The van der Waals surface area contributed by atoms with Gasteiger partial charge in [0.15, 0.2) is 0 Å². The zero-order chi connectivity index (χ0) is 19.4. The molecule has 144 valence electrons. The Bertz CT molecular complexity index is 781. The van der Waals surface area contributed by atoms with Gasteiger partial charge in [-0.25, -0.2) is 0 Å². The van der Waals surface area contributed by atoms with Gasteiger partial charge in [-0.1, -0.05) is 37.3 Å². The van der Waals surface area contributed by atoms with Crippen LogP contribution in [0.5, 0.6) is 0 Å². The van der Waals surface area contributed by atoms with Gasteiger partial charge in [0.2, 0.25) is 5.91 Å². The smallest absolute Gasteiger partial charge is 0.224 e. The summed E-state index contributed by atoms with van der Waals surface area (Å²) < 4.78 is 0. The van der Waals surface area contributed by atoms with Crippen molar-refractivity contribution in [1.82, 2.24) is 5.32 Å². The lowest BCUT2D eigenvalue weighted by Gasteiger charge is -2.33. The molecular formula is C24H32N2O. The topological polar surface area (TPSA) is 32.3 Å². The zero-order valence-electron chi connectivity index (χ0n) is 17.1. The number of anilines is 1. The molecule has 2 aromatic carbocycles. The number of amides is 1. The lowest BCUT2D eigenvalue weighted by Crippen LogP contribution is -2.34. The first-order valence-corrected chi connectivity index (χ1v) is 10.1. The molecule has 0 saturated carbocycles. The molecule has 0 bridgehead atoms. The molecule has 3 rings (SSSR count). The van der Waals surface area contributed by atoms with Crippen molar-refractivity contribution in [3.8, 4) is 0 Å². The molecule has 1 aliphatic heterocycles. The number of rotatable bonds is 5. The molecule has 1 saturated heterocycles. The predicted octanol–water partition coefficient (Wildman–Crippen LogP) is 4.96. The molecule has 1 N–H and O–H groups in total. The van der Waals surface area contributed by atoms with Crippen LogP contribution in [0.4, 0.5) is 5.69 Å². The van der Waals surface area contributed by atoms with Crippen LogP contribution in [0.1, 0.15) is 55.0 Å². The molecule has 0 radical (unpaired) electrons. The van der Waals surface area contributed by atoms with Crippen LogP contribution in [-0.4, -0.2) is 19.0 Å². The first-order chi connectivity index (χ1) is 12.9. The van der Waals surface area contributed by atoms with Crippen molar-refractivity contribution in [1.29, 1.82) is 0 Å². The molecule has 1 heterocycles. The van der Waals surface area contributed by atoms with Gasteiger partial charge >= 0.3 is 0 Å². The molecule has 1 fully saturated rings. The second kappa shape index (κ2) is 8.60. The molecule has 27 heavy (non-hydrogen) atoms. The van der Waals surface area contributed by atoms with E-state index in [1.54, 1.807) is 0 Å². The third-order valence-electron chi connectivity index (χ3n) is 5.73. The Hall–Kier alpha value is -2.29. The predicted molar refractivity (Wildman–Crippen MR) is 113 cm³/mol. The van der Waals surface area contributed by atoms with E-state index in [4.69, 9.17) is 0 Å². The quantitative estimate of drug-likeness (QED) is 0.813. The van der Waals surface area contributed by atoms with Crippen LogP contribution in [0.2, 0.25) is 0 Å². The van der Waals surface area contributed by atoms with Crippen LogP contribution in [0.3, 0.4) is 0 Å². The largest absolute Gasteiger partial charge is 0.371 e. The van der Waals surface area contributed by atoms with Crippen LogP contribution in [0.25, 0.3) is 0 Å². The summed E-state index contributed by atoms with van der Waals surface area (Å²) in [5.74, 6) is 0.835. The van der Waals surface area contributed by atoms with Gasteiger partial charge in [-0.05, 0) is 73.9 Å². The molecule has 0 spiro atoms. The van der Waals surface area contributed by atoms with E-state index in [0.717, 1.165) is 30.1 Å². The summed E-state index contributed by atoms with van der Waals surface area (Å²) in [5.41, 5.74) is 6.00. The molecule has 0 aromatic heterocycles. The highest BCUT2D eigenvalue weighted by Gasteiger charge is 2.17. The second-order valence-corrected chi connectivity index (χ2v) is 8.17. The monoisotopic (exact) mass is 364 g/mol. The van der Waals surface area contributed by atoms with E-state index in [1.165, 1.54) is 29.7 Å². The minimum absolute atomic E-state index is 0.0124. The van der Waals surface area contributed by atoms with E-state index in [-0.39, 0.29) is 11.9 Å². The van der Waals surface area contributed by atoms with E-state index in [2.05, 4.69) is 74.3 Å². The van der Waals surface area contributed by atoms with Crippen molar-refractivity contribution in [2.45, 2.75) is 53.0 Å². The number of nitrogens with zero attached hydrogens (tertiary/aromatic N) is 1. The molecule has 0 unspecified atom stereocenters. The number of piperidine rings is 1. The van der Waals surface area contributed by atoms with Crippen LogP contribution in [0, 0.1) is 19.8 Å². The van der Waals surface area contributed by atoms with Gasteiger partial charge in [0.05, 0.1) is 12.5 Å². The summed E-state index contributed by atoms with van der Waals surface area (Å²) >= 11 is 0. The normalized spacial score (nSPS) is 18.2. The van der Waals surface area contributed by atoms with Gasteiger partial charge in [0.25, 0.3) is 0 Å². The minimum Gasteiger partial charge on any atom is -0.371 e. The molecule has 1 amide bonds. The number of carbonyl (C=O) groups excluding carboxylic acids is 1. The highest BCUT2D eigenvalue weighted by molar-refractivity contribution is 5.79. The van der Waals surface area contributed by atoms with Crippen LogP contribution in [-0.2, 0) is 11.2 Å². The lowest BCUT2D eigenvalue weighted by molar-refractivity contribution is -0.121. The second-order valence-electron chi connectivity index (χ2n) is 8.17. The summed E-state index contributed by atoms with van der Waals surface area (Å²) in [4.78, 5) is 14.9. The highest BCUT2D eigenvalue weighted by Crippen LogP contribution is 2.24. The third kappa shape index (κ3) is 5.12. The SMILES string of the molecule is Cc1ccc(CC(=O)N[C@H](C)c2ccc(N3CCC[C@H](C)C3)cc2)cc1C. The van der Waals surface area contributed by atoms with Crippen molar-refractivity contribution in [3.63, 3.8) is 0 Å². The van der Waals surface area contributed by atoms with Gasteiger partial charge in [-0.2, -0.15) is 0 Å². The van der Waals surface area contributed by atoms with Crippen molar-refractivity contribution in [3.05, 3.63) is 64.7 Å². The van der Waals surface area contributed by atoms with Crippen molar-refractivity contribution >= 4 is 11.6 Å². The van der Waals surface area contributed by atoms with Crippen LogP contribution in [0.15, 0.2) is 42.5 Å². The van der Waals surface area contributed by atoms with E-state index in [0.29, 0.717) is 6.42 Å². The van der Waals surface area contributed by atoms with E-state index in [1.807, 2.05) is 6.07 Å². The fraction of sp³-hybridized carbons (Fsp3) is 0.458. The van der Waals surface area contributed by atoms with Crippen LogP contribution < -0.4 is 10.2 Å². The summed E-state index contributed by atoms with van der Waals surface area (Å²) in [6, 6.07) is 14.9. The minimum atomic E-state index is 0.0124. The fourth-order valence-electron chi connectivity index (χ4n) is 3.87. The van der Waals surface area contributed by atoms with Crippen molar-refractivity contribution in [2.75, 3.05) is 18.0 Å². The average molecular weight is 365 g/mol. The van der Waals surface area contributed by atoms with Crippen LogP contribution >= 0.6 is 0 Å². The van der Waals surface area contributed by atoms with E-state index in [9.17, 15) is 4.79 Å². The zero-order valence-corrected chi connectivity index (χ0v) is 17.1. The van der Waals surface area contributed by atoms with Gasteiger partial charge < -0.3 is 10.2 Å². The molecule has 1 aliphatic rings. The average Bonchev–Trinajstić information content (AvgIpc) is 2.65. The Morgan fingerprint density at radius 2 is 1.89 bits per heavy atom. The molecule has 3 heteroatoms. The number of hydrogen-bond donors (Lipinski definition) is 1. The van der Waals surface area contributed by atoms with Gasteiger partial charge in [-0.3, -0.25) is 4.79 Å². The maximum Gasteiger partial charge on any atom is 0.224 e. The fourth-order valence-corrected chi connectivity index (χ4v) is 3.87. The number of carbonyl (C=O) groups is 1. The Labute approximate surface area is 163 Å². The summed E-state index contributed by atoms with van der Waals surface area (Å²) in [6.07, 6.45) is 3.03. The number of aryl methyl sites for hydroxylation is 2. The summed E-state index contributed by atoms with van der Waals surface area (Å²) in [6.45, 7) is 10.8. The standard InChI is InChI=1S/C24H32N2O/c1-17-6-5-13-26(16-17)23-11-9-22(10-12-23)20(4)25-24(27)15-21-8-7-18(2)19(3)14-21/h7-12,14,17,20H,5-6,13,15-16H2,1-4H3,(H,25,27)/t17-,20+/m0/s1. The number of nitrogens with one attached hydrogen (secondary N) is 1. The highest BCUT2D eigenvalue weighted by atomic mass is 16.1. The van der Waals surface area contributed by atoms with Gasteiger partial charge in [-0.15, -0.1) is 0 Å². The number of hydrogen-bond acceptors (Lipinski definition) is 2. The maximum absolute atomic E-state index is 12.4. The Morgan fingerprint density at radius 3 is 2.56 bits per heavy atom. The van der Waals surface area contributed by atoms with Crippen molar-refractivity contribution in [2.24, 2.45) is 5.92 Å². The Kier molecular flexibility index (Phi) is 6.20. The maximum atomic E-state index is 12.4. The summed E-state index contributed by atoms with van der Waals surface area (Å²) in [5, 5.41) is 3.13. The first-order valence-electron chi connectivity index (χ1n) is 10.1. The van der Waals surface area contributed by atoms with Crippen molar-refractivity contribution < 1.29 is 4.79 Å². The Balaban J connectivity index is 1.57. The lowest BCUT2D eigenvalue weighted by atomic mass is 9.99. The molecule has 2 atom stereocenters. The molecule has 3 nitrogen and oxygen atoms in total. The molecular weight excluding hydrogens is 332 g/mol. The molecule has 2 aromatic rings. The molecule has 0 aliphatic carbocycles. The number of benzene rings is 2. The van der Waals surface area contributed by atoms with Gasteiger partial charge in [0, 0.05) is 18.8 Å². The first kappa shape index (κ1) is 19.5. The van der Waals surface area contributed by atoms with Gasteiger partial charge in [0.1, 0.15) is 0 Å². The van der Waals surface area contributed by atoms with E-state index >= 15 is 0 Å². The Morgan fingerprint density at radius 1 is 1.15 bits per heavy atom. The van der Waals surface area contributed by atoms with E-state index < -0.39 is 0 Å².